The van der Waals surface area contributed by atoms with E-state index < -0.39 is 0 Å². The molecule has 1 atom stereocenters. The van der Waals surface area contributed by atoms with Gasteiger partial charge in [-0.05, 0) is 5.56 Å². The largest absolute Gasteiger partial charge is 0.299 e. The van der Waals surface area contributed by atoms with Gasteiger partial charge in [0.15, 0.2) is 5.78 Å². The molecule has 1 aliphatic rings. The SMILES string of the molecule is O=C(C[C@@H]1CN(Cc2ccccc2)CCC1=O)c1ccccc1. The first-order chi connectivity index (χ1) is 11.2. The Balaban J connectivity index is 1.62. The minimum Gasteiger partial charge on any atom is -0.299 e. The number of piperidine rings is 1. The van der Waals surface area contributed by atoms with Crippen LogP contribution < -0.4 is 0 Å². The number of Topliss-reactive ketones (excluding diaryl/α,β-unsaturated/α-hetero) is 2. The first kappa shape index (κ1) is 15.6. The number of ketones is 2. The third-order valence-corrected chi connectivity index (χ3v) is 4.38. The van der Waals surface area contributed by atoms with E-state index in [4.69, 9.17) is 0 Å². The lowest BCUT2D eigenvalue weighted by molar-refractivity contribution is -0.126. The summed E-state index contributed by atoms with van der Waals surface area (Å²) in [5, 5.41) is 0. The number of nitrogens with zero attached hydrogens (tertiary/aromatic N) is 1. The molecule has 0 spiro atoms. The molecule has 0 aromatic heterocycles. The highest BCUT2D eigenvalue weighted by atomic mass is 16.1. The Morgan fingerprint density at radius 2 is 1.65 bits per heavy atom. The molecule has 2 aromatic rings. The van der Waals surface area contributed by atoms with Gasteiger partial charge in [-0.1, -0.05) is 60.7 Å². The lowest BCUT2D eigenvalue weighted by Crippen LogP contribution is -2.41. The van der Waals surface area contributed by atoms with E-state index in [0.29, 0.717) is 24.9 Å². The Morgan fingerprint density at radius 1 is 1.00 bits per heavy atom. The quantitative estimate of drug-likeness (QED) is 0.795. The van der Waals surface area contributed by atoms with Gasteiger partial charge in [-0.2, -0.15) is 0 Å². The predicted octanol–water partition coefficient (Wildman–Crippen LogP) is 3.35. The second kappa shape index (κ2) is 7.34. The number of benzene rings is 2. The van der Waals surface area contributed by atoms with Gasteiger partial charge in [-0.15, -0.1) is 0 Å². The fourth-order valence-electron chi connectivity index (χ4n) is 3.11. The number of carbonyl (C=O) groups excluding carboxylic acids is 2. The summed E-state index contributed by atoms with van der Waals surface area (Å²) >= 11 is 0. The lowest BCUT2D eigenvalue weighted by Gasteiger charge is -2.31. The summed E-state index contributed by atoms with van der Waals surface area (Å²) < 4.78 is 0. The van der Waals surface area contributed by atoms with Crippen molar-refractivity contribution in [2.75, 3.05) is 13.1 Å². The van der Waals surface area contributed by atoms with Crippen LogP contribution in [0.1, 0.15) is 28.8 Å². The van der Waals surface area contributed by atoms with Crippen LogP contribution in [0.5, 0.6) is 0 Å². The zero-order valence-electron chi connectivity index (χ0n) is 13.2. The minimum absolute atomic E-state index is 0.0607. The standard InChI is InChI=1S/C20H21NO2/c22-19-11-12-21(14-16-7-3-1-4-8-16)15-18(19)13-20(23)17-9-5-2-6-10-17/h1-10,18H,11-15H2/t18-/m1/s1. The van der Waals surface area contributed by atoms with E-state index in [-0.39, 0.29) is 17.5 Å². The maximum Gasteiger partial charge on any atom is 0.163 e. The van der Waals surface area contributed by atoms with Gasteiger partial charge in [0.2, 0.25) is 0 Å². The van der Waals surface area contributed by atoms with Gasteiger partial charge >= 0.3 is 0 Å². The van der Waals surface area contributed by atoms with Crippen molar-refractivity contribution in [3.05, 3.63) is 71.8 Å². The van der Waals surface area contributed by atoms with E-state index in [0.717, 1.165) is 13.1 Å². The van der Waals surface area contributed by atoms with Crippen LogP contribution in [0.25, 0.3) is 0 Å². The highest BCUT2D eigenvalue weighted by Crippen LogP contribution is 2.20. The van der Waals surface area contributed by atoms with Gasteiger partial charge in [0.25, 0.3) is 0 Å². The van der Waals surface area contributed by atoms with E-state index in [2.05, 4.69) is 17.0 Å². The molecule has 118 valence electrons. The third kappa shape index (κ3) is 4.14. The Labute approximate surface area is 136 Å². The van der Waals surface area contributed by atoms with Crippen LogP contribution in [0.2, 0.25) is 0 Å². The molecule has 0 radical (unpaired) electrons. The van der Waals surface area contributed by atoms with Gasteiger partial charge in [-0.3, -0.25) is 14.5 Å². The average Bonchev–Trinajstić information content (AvgIpc) is 2.59. The maximum atomic E-state index is 12.4. The molecule has 0 bridgehead atoms. The Morgan fingerprint density at radius 3 is 2.35 bits per heavy atom. The van der Waals surface area contributed by atoms with Crippen LogP contribution in [0.15, 0.2) is 60.7 Å². The molecule has 3 rings (SSSR count). The van der Waals surface area contributed by atoms with E-state index in [1.165, 1.54) is 5.56 Å². The molecule has 0 unspecified atom stereocenters. The van der Waals surface area contributed by atoms with Crippen LogP contribution in [-0.2, 0) is 11.3 Å². The summed E-state index contributed by atoms with van der Waals surface area (Å²) in [5.74, 6) is 0.101. The topological polar surface area (TPSA) is 37.4 Å². The summed E-state index contributed by atoms with van der Waals surface area (Å²) in [6, 6.07) is 19.5. The zero-order chi connectivity index (χ0) is 16.1. The second-order valence-electron chi connectivity index (χ2n) is 6.13. The van der Waals surface area contributed by atoms with E-state index in [1.807, 2.05) is 48.5 Å². The van der Waals surface area contributed by atoms with Gasteiger partial charge in [-0.25, -0.2) is 0 Å². The van der Waals surface area contributed by atoms with Crippen molar-refractivity contribution in [2.45, 2.75) is 19.4 Å². The number of hydrogen-bond acceptors (Lipinski definition) is 3. The van der Waals surface area contributed by atoms with Gasteiger partial charge in [0, 0.05) is 44.0 Å². The average molecular weight is 307 g/mol. The molecule has 2 aromatic carbocycles. The highest BCUT2D eigenvalue weighted by molar-refractivity contribution is 5.99. The fraction of sp³-hybridized carbons (Fsp3) is 0.300. The van der Waals surface area contributed by atoms with E-state index in [9.17, 15) is 9.59 Å². The molecule has 0 N–H and O–H groups in total. The smallest absolute Gasteiger partial charge is 0.163 e. The van der Waals surface area contributed by atoms with Crippen molar-refractivity contribution in [2.24, 2.45) is 5.92 Å². The second-order valence-corrected chi connectivity index (χ2v) is 6.13. The molecule has 0 aliphatic carbocycles. The molecule has 3 nitrogen and oxygen atoms in total. The summed E-state index contributed by atoms with van der Waals surface area (Å²) in [6.07, 6.45) is 0.855. The number of hydrogen-bond donors (Lipinski definition) is 0. The molecule has 1 saturated heterocycles. The van der Waals surface area contributed by atoms with Crippen molar-refractivity contribution >= 4 is 11.6 Å². The monoisotopic (exact) mass is 307 g/mol. The third-order valence-electron chi connectivity index (χ3n) is 4.38. The Hall–Kier alpha value is -2.26. The van der Waals surface area contributed by atoms with Crippen LogP contribution in [0, 0.1) is 5.92 Å². The van der Waals surface area contributed by atoms with E-state index >= 15 is 0 Å². The van der Waals surface area contributed by atoms with Crippen molar-refractivity contribution in [3.8, 4) is 0 Å². The molecule has 3 heteroatoms. The summed E-state index contributed by atoms with van der Waals surface area (Å²) in [6.45, 7) is 2.29. The van der Waals surface area contributed by atoms with Crippen LogP contribution >= 0.6 is 0 Å². The molecule has 23 heavy (non-hydrogen) atoms. The molecule has 1 aliphatic heterocycles. The number of likely N-dealkylation sites (tertiary alicyclic amines) is 1. The highest BCUT2D eigenvalue weighted by Gasteiger charge is 2.29. The lowest BCUT2D eigenvalue weighted by atomic mass is 9.89. The van der Waals surface area contributed by atoms with Crippen LogP contribution in [0.3, 0.4) is 0 Å². The van der Waals surface area contributed by atoms with Gasteiger partial charge < -0.3 is 0 Å². The van der Waals surface area contributed by atoms with Gasteiger partial charge in [0.1, 0.15) is 5.78 Å². The van der Waals surface area contributed by atoms with Crippen molar-refractivity contribution in [1.82, 2.24) is 4.90 Å². The zero-order valence-corrected chi connectivity index (χ0v) is 13.2. The summed E-state index contributed by atoms with van der Waals surface area (Å²) in [7, 11) is 0. The van der Waals surface area contributed by atoms with Crippen molar-refractivity contribution in [3.63, 3.8) is 0 Å². The summed E-state index contributed by atoms with van der Waals surface area (Å²) in [4.78, 5) is 26.8. The van der Waals surface area contributed by atoms with Crippen molar-refractivity contribution in [1.29, 1.82) is 0 Å². The molecule has 0 saturated carbocycles. The molecule has 0 amide bonds. The first-order valence-corrected chi connectivity index (χ1v) is 8.09. The number of rotatable bonds is 5. The fourth-order valence-corrected chi connectivity index (χ4v) is 3.11. The van der Waals surface area contributed by atoms with Crippen molar-refractivity contribution < 1.29 is 9.59 Å². The Kier molecular flexibility index (Phi) is 4.99. The van der Waals surface area contributed by atoms with Crippen LogP contribution in [0.4, 0.5) is 0 Å². The molecular weight excluding hydrogens is 286 g/mol. The van der Waals surface area contributed by atoms with Gasteiger partial charge in [0.05, 0.1) is 0 Å². The summed E-state index contributed by atoms with van der Waals surface area (Å²) in [5.41, 5.74) is 1.94. The van der Waals surface area contributed by atoms with E-state index in [1.54, 1.807) is 0 Å². The maximum absolute atomic E-state index is 12.4. The normalized spacial score (nSPS) is 18.8. The predicted molar refractivity (Wildman–Crippen MR) is 90.2 cm³/mol. The van der Waals surface area contributed by atoms with Crippen LogP contribution in [-0.4, -0.2) is 29.6 Å². The number of carbonyl (C=O) groups is 2. The molecular formula is C20H21NO2. The molecule has 1 heterocycles. The minimum atomic E-state index is -0.180. The molecule has 1 fully saturated rings. The first-order valence-electron chi connectivity index (χ1n) is 8.09. The Bertz CT molecular complexity index is 667.